The first-order chi connectivity index (χ1) is 38.6. The van der Waals surface area contributed by atoms with Gasteiger partial charge >= 0.3 is 0 Å². The van der Waals surface area contributed by atoms with Crippen molar-refractivity contribution in [3.8, 4) is 11.5 Å². The maximum Gasteiger partial charge on any atom is 0.296 e. The number of hydrazine groups is 1. The molecule has 11 N–H and O–H groups in total. The standard InChI is InChI=1S/C51H41N11O15S5/c1-78(65,66)41-22-29-20-33(80(69,70)71)25-39(43(29)47(63)45(41)60-58-37-18-7-12-27-10-3-5-16-35(27)37)53-50-55-49(52-31-14-9-15-32(24-31)62-79(2,67)68)56-51(57-50)54-40-26-34(81(72,73)74)21-30-23-42(82(75,76)77)46(48(64)44(30)40)61-59-38-19-8-13-28-11-4-6-17-36(28)38/h3-26,58,60,62-64H,1-2H3,(H,69,70,71)(H,72,73,74)(H,75,76,77)(H3,52,53,54,55,56,57). The summed E-state index contributed by atoms with van der Waals surface area (Å²) in [5.74, 6) is -3.42. The number of sulfone groups is 1. The lowest BCUT2D eigenvalue weighted by Crippen LogP contribution is -2.13. The average molecular weight is 1210 g/mol. The van der Waals surface area contributed by atoms with Gasteiger partial charge in [-0.3, -0.25) is 23.8 Å². The van der Waals surface area contributed by atoms with E-state index in [0.717, 1.165) is 54.3 Å². The second-order valence-corrected chi connectivity index (χ2v) is 26.1. The van der Waals surface area contributed by atoms with Crippen LogP contribution in [-0.4, -0.2) is 93.4 Å². The van der Waals surface area contributed by atoms with Crippen molar-refractivity contribution >= 4 is 157 Å². The molecule has 0 unspecified atom stereocenters. The van der Waals surface area contributed by atoms with Crippen LogP contribution in [0.1, 0.15) is 0 Å². The molecular formula is C51H41N11O15S5. The third-order valence-electron chi connectivity index (χ3n) is 12.2. The van der Waals surface area contributed by atoms with Crippen LogP contribution in [0.15, 0.2) is 175 Å². The van der Waals surface area contributed by atoms with E-state index in [1.165, 1.54) is 30.3 Å². The van der Waals surface area contributed by atoms with E-state index >= 15 is 0 Å². The van der Waals surface area contributed by atoms with E-state index in [9.17, 15) is 66.0 Å². The summed E-state index contributed by atoms with van der Waals surface area (Å²) in [5, 5.41) is 42.2. The smallest absolute Gasteiger partial charge is 0.296 e. The van der Waals surface area contributed by atoms with Gasteiger partial charge in [0.25, 0.3) is 30.4 Å². The molecule has 0 saturated carbocycles. The third-order valence-corrected chi connectivity index (χ3v) is 16.5. The highest BCUT2D eigenvalue weighted by molar-refractivity contribution is 7.92. The van der Waals surface area contributed by atoms with Crippen molar-refractivity contribution in [3.63, 3.8) is 0 Å². The predicted molar refractivity (Wildman–Crippen MR) is 308 cm³/mol. The zero-order chi connectivity index (χ0) is 58.7. The number of azo groups is 1. The molecule has 0 atom stereocenters. The first kappa shape index (κ1) is 56.0. The number of nitrogens with one attached hydrogen (secondary N) is 6. The fourth-order valence-electron chi connectivity index (χ4n) is 8.78. The van der Waals surface area contributed by atoms with Crippen molar-refractivity contribution in [1.82, 2.24) is 15.0 Å². The number of rotatable bonds is 17. The summed E-state index contributed by atoms with van der Waals surface area (Å²) in [6, 6.07) is 35.1. The van der Waals surface area contributed by atoms with Crippen molar-refractivity contribution in [1.29, 1.82) is 0 Å². The number of aromatic hydroxyl groups is 2. The Morgan fingerprint density at radius 2 is 0.939 bits per heavy atom. The van der Waals surface area contributed by atoms with Gasteiger partial charge in [-0.05, 0) is 88.3 Å². The number of benzene rings is 9. The Hall–Kier alpha value is -9.34. The van der Waals surface area contributed by atoms with Crippen LogP contribution in [0, 0.1) is 0 Å². The Balaban J connectivity index is 1.16. The molecule has 0 saturated heterocycles. The largest absolute Gasteiger partial charge is 0.505 e. The molecule has 26 nitrogen and oxygen atoms in total. The molecule has 1 aromatic heterocycles. The van der Waals surface area contributed by atoms with Gasteiger partial charge < -0.3 is 31.6 Å². The summed E-state index contributed by atoms with van der Waals surface area (Å²) in [4.78, 5) is 9.88. The molecule has 420 valence electrons. The molecule has 0 aliphatic rings. The zero-order valence-electron chi connectivity index (χ0n) is 42.0. The molecule has 0 aliphatic carbocycles. The van der Waals surface area contributed by atoms with Crippen LogP contribution >= 0.6 is 0 Å². The Labute approximate surface area is 465 Å². The molecule has 10 rings (SSSR count). The van der Waals surface area contributed by atoms with Crippen molar-refractivity contribution < 1.29 is 66.0 Å². The van der Waals surface area contributed by atoms with Crippen LogP contribution in [0.4, 0.5) is 63.3 Å². The molecule has 0 radical (unpaired) electrons. The lowest BCUT2D eigenvalue weighted by atomic mass is 10.1. The van der Waals surface area contributed by atoms with E-state index in [2.05, 4.69) is 56.7 Å². The second-order valence-electron chi connectivity index (χ2n) is 18.1. The van der Waals surface area contributed by atoms with Crippen molar-refractivity contribution in [2.45, 2.75) is 19.6 Å². The topological polar surface area (TPSA) is 407 Å². The molecule has 10 aromatic rings. The summed E-state index contributed by atoms with van der Waals surface area (Å²) in [5.41, 5.74) is 4.37. The summed E-state index contributed by atoms with van der Waals surface area (Å²) >= 11 is 0. The minimum absolute atomic E-state index is 0.0664. The van der Waals surface area contributed by atoms with Crippen molar-refractivity contribution in [3.05, 3.63) is 146 Å². The fourth-order valence-corrected chi connectivity index (χ4v) is 11.9. The Morgan fingerprint density at radius 3 is 1.51 bits per heavy atom. The molecule has 82 heavy (non-hydrogen) atoms. The van der Waals surface area contributed by atoms with E-state index in [1.54, 1.807) is 60.7 Å². The normalized spacial score (nSPS) is 12.5. The quantitative estimate of drug-likeness (QED) is 0.0175. The van der Waals surface area contributed by atoms with Gasteiger partial charge in [0.2, 0.25) is 27.9 Å². The number of nitrogens with zero attached hydrogens (tertiary/aromatic N) is 5. The van der Waals surface area contributed by atoms with E-state index < -0.39 is 133 Å². The van der Waals surface area contributed by atoms with Gasteiger partial charge in [-0.25, -0.2) is 16.8 Å². The van der Waals surface area contributed by atoms with Gasteiger partial charge in [-0.2, -0.15) is 40.2 Å². The van der Waals surface area contributed by atoms with Gasteiger partial charge in [0.05, 0.1) is 49.4 Å². The van der Waals surface area contributed by atoms with E-state index in [1.807, 2.05) is 18.2 Å². The molecule has 0 spiro atoms. The highest BCUT2D eigenvalue weighted by Crippen LogP contribution is 2.47. The number of fused-ring (bicyclic) bond motifs is 4. The number of phenolic OH excluding ortho intramolecular Hbond substituents is 2. The number of hydrogen-bond acceptors (Lipinski definition) is 22. The van der Waals surface area contributed by atoms with Gasteiger partial charge in [0.15, 0.2) is 21.3 Å². The van der Waals surface area contributed by atoms with Crippen LogP contribution in [0.5, 0.6) is 11.5 Å². The van der Waals surface area contributed by atoms with Crippen LogP contribution in [0.3, 0.4) is 0 Å². The molecule has 0 amide bonds. The van der Waals surface area contributed by atoms with Crippen LogP contribution < -0.4 is 31.5 Å². The van der Waals surface area contributed by atoms with Gasteiger partial charge in [-0.1, -0.05) is 78.9 Å². The molecular weight excluding hydrogens is 1170 g/mol. The Kier molecular flexibility index (Phi) is 14.3. The maximum atomic E-state index is 13.4. The van der Waals surface area contributed by atoms with Crippen molar-refractivity contribution in [2.24, 2.45) is 10.2 Å². The van der Waals surface area contributed by atoms with E-state index in [-0.39, 0.29) is 27.8 Å². The minimum atomic E-state index is -5.31. The van der Waals surface area contributed by atoms with E-state index in [4.69, 9.17) is 0 Å². The molecule has 31 heteroatoms. The van der Waals surface area contributed by atoms with E-state index in [0.29, 0.717) is 21.8 Å². The summed E-state index contributed by atoms with van der Waals surface area (Å²) in [6.07, 6.45) is 1.75. The fraction of sp³-hybridized carbons (Fsp3) is 0.0392. The third kappa shape index (κ3) is 11.9. The summed E-state index contributed by atoms with van der Waals surface area (Å²) < 4.78 is 162. The molecule has 0 fully saturated rings. The highest BCUT2D eigenvalue weighted by atomic mass is 32.2. The number of anilines is 9. The van der Waals surface area contributed by atoms with Crippen LogP contribution in [-0.2, 0) is 50.2 Å². The monoisotopic (exact) mass is 1210 g/mol. The number of aromatic nitrogens is 3. The highest BCUT2D eigenvalue weighted by Gasteiger charge is 2.28. The van der Waals surface area contributed by atoms with Crippen LogP contribution in [0.25, 0.3) is 43.1 Å². The average Bonchev–Trinajstić information content (AvgIpc) is 3.48. The molecule has 1 heterocycles. The Bertz CT molecular complexity index is 4950. The summed E-state index contributed by atoms with van der Waals surface area (Å²) in [6.45, 7) is 0. The van der Waals surface area contributed by atoms with Crippen LogP contribution in [0.2, 0.25) is 0 Å². The van der Waals surface area contributed by atoms with Crippen molar-refractivity contribution in [2.75, 3.05) is 44.0 Å². The first-order valence-electron chi connectivity index (χ1n) is 23.4. The van der Waals surface area contributed by atoms with Gasteiger partial charge in [0.1, 0.15) is 16.3 Å². The second kappa shape index (κ2) is 21.0. The number of phenols is 2. The maximum absolute atomic E-state index is 13.4. The molecule has 0 bridgehead atoms. The Morgan fingerprint density at radius 1 is 0.439 bits per heavy atom. The lowest BCUT2D eigenvalue weighted by molar-refractivity contribution is 0.472. The number of sulfonamides is 1. The summed E-state index contributed by atoms with van der Waals surface area (Å²) in [7, 11) is -23.7. The van der Waals surface area contributed by atoms with Gasteiger partial charge in [0, 0.05) is 33.5 Å². The SMILES string of the molecule is CS(=O)(=O)Nc1cccc(Nc2nc(Nc3cc(S(=O)(=O)O)cc4cc(S(=O)(=O)O)c(N=Nc5cccc6ccccc56)c(O)c34)nc(Nc3cc(S(=O)(=O)O)cc4cc(S(C)(=O)=O)c(NNc5cccc6ccccc56)c(O)c34)n2)c1. The lowest BCUT2D eigenvalue weighted by Gasteiger charge is -2.20. The molecule has 0 aliphatic heterocycles. The first-order valence-corrected chi connectivity index (χ1v) is 31.5. The zero-order valence-corrected chi connectivity index (χ0v) is 46.0. The van der Waals surface area contributed by atoms with Gasteiger partial charge in [-0.15, -0.1) is 10.2 Å². The molecule has 9 aromatic carbocycles. The predicted octanol–water partition coefficient (Wildman–Crippen LogP) is 9.50. The minimum Gasteiger partial charge on any atom is -0.505 e. The number of hydrogen-bond donors (Lipinski definition) is 11.